The highest BCUT2D eigenvalue weighted by Gasteiger charge is 2.12. The van der Waals surface area contributed by atoms with Gasteiger partial charge in [0.2, 0.25) is 10.0 Å². The van der Waals surface area contributed by atoms with E-state index in [1.54, 1.807) is 12.1 Å². The van der Waals surface area contributed by atoms with Crippen LogP contribution in [0.4, 0.5) is 10.8 Å². The van der Waals surface area contributed by atoms with Crippen molar-refractivity contribution in [2.24, 2.45) is 0 Å². The zero-order chi connectivity index (χ0) is 15.9. The van der Waals surface area contributed by atoms with Gasteiger partial charge in [0.15, 0.2) is 5.13 Å². The van der Waals surface area contributed by atoms with Gasteiger partial charge in [-0.1, -0.05) is 23.5 Å². The van der Waals surface area contributed by atoms with Crippen LogP contribution < -0.4 is 10.0 Å². The van der Waals surface area contributed by atoms with Gasteiger partial charge in [-0.05, 0) is 24.3 Å². The predicted molar refractivity (Wildman–Crippen MR) is 90.5 cm³/mol. The van der Waals surface area contributed by atoms with Crippen molar-refractivity contribution in [1.82, 2.24) is 9.97 Å². The fraction of sp³-hybridized carbons (Fsp3) is 0.143. The fourth-order valence-electron chi connectivity index (χ4n) is 2.03. The van der Waals surface area contributed by atoms with E-state index in [4.69, 9.17) is 5.73 Å². The second-order valence-electron chi connectivity index (χ2n) is 4.85. The zero-order valence-electron chi connectivity index (χ0n) is 12.0. The minimum atomic E-state index is -3.26. The molecule has 2 aromatic heterocycles. The van der Waals surface area contributed by atoms with Crippen LogP contribution in [-0.2, 0) is 10.0 Å². The molecule has 0 bridgehead atoms. The molecule has 0 saturated carbocycles. The molecule has 0 spiro atoms. The highest BCUT2D eigenvalue weighted by molar-refractivity contribution is 7.92. The molecule has 2 heterocycles. The van der Waals surface area contributed by atoms with Crippen molar-refractivity contribution in [2.75, 3.05) is 23.3 Å². The third-order valence-corrected chi connectivity index (χ3v) is 5.30. The second-order valence-corrected chi connectivity index (χ2v) is 7.87. The standard InChI is InChI=1S/C14H14N4O2S2/c1-18(22(2,19)20)10-5-3-9(4-6-10)11-7-8-12-13(16-11)21-14(15)17-12/h3-8H,1-2H3,(H2,15,17). The van der Waals surface area contributed by atoms with Crippen LogP contribution in [0.15, 0.2) is 36.4 Å². The van der Waals surface area contributed by atoms with Gasteiger partial charge in [-0.3, -0.25) is 4.31 Å². The smallest absolute Gasteiger partial charge is 0.231 e. The van der Waals surface area contributed by atoms with Crippen LogP contribution in [0.5, 0.6) is 0 Å². The van der Waals surface area contributed by atoms with Gasteiger partial charge < -0.3 is 5.73 Å². The number of nitrogens with two attached hydrogens (primary N) is 1. The summed E-state index contributed by atoms with van der Waals surface area (Å²) in [7, 11) is -1.74. The average molecular weight is 334 g/mol. The Hall–Kier alpha value is -2.19. The van der Waals surface area contributed by atoms with Crippen molar-refractivity contribution in [3.8, 4) is 11.3 Å². The first-order valence-electron chi connectivity index (χ1n) is 6.42. The van der Waals surface area contributed by atoms with Crippen LogP contribution in [0.2, 0.25) is 0 Å². The summed E-state index contributed by atoms with van der Waals surface area (Å²) in [5.41, 5.74) is 8.76. The monoisotopic (exact) mass is 334 g/mol. The quantitative estimate of drug-likeness (QED) is 0.794. The number of nitrogens with zero attached hydrogens (tertiary/aromatic N) is 3. The Morgan fingerprint density at radius 1 is 1.09 bits per heavy atom. The van der Waals surface area contributed by atoms with E-state index in [9.17, 15) is 8.42 Å². The summed E-state index contributed by atoms with van der Waals surface area (Å²) in [4.78, 5) is 9.49. The van der Waals surface area contributed by atoms with E-state index < -0.39 is 10.0 Å². The van der Waals surface area contributed by atoms with Gasteiger partial charge in [0.05, 0.1) is 17.6 Å². The summed E-state index contributed by atoms with van der Waals surface area (Å²) in [5, 5.41) is 0.491. The highest BCUT2D eigenvalue weighted by Crippen LogP contribution is 2.27. The van der Waals surface area contributed by atoms with Crippen molar-refractivity contribution in [2.45, 2.75) is 0 Å². The minimum Gasteiger partial charge on any atom is -0.375 e. The molecule has 0 aliphatic heterocycles. The Labute approximate surface area is 132 Å². The number of hydrogen-bond acceptors (Lipinski definition) is 6. The van der Waals surface area contributed by atoms with Crippen LogP contribution in [0.25, 0.3) is 21.6 Å². The van der Waals surface area contributed by atoms with Crippen LogP contribution in [-0.4, -0.2) is 31.7 Å². The summed E-state index contributed by atoms with van der Waals surface area (Å²) in [5.74, 6) is 0. The average Bonchev–Trinajstić information content (AvgIpc) is 2.84. The number of pyridine rings is 1. The number of fused-ring (bicyclic) bond motifs is 1. The number of aromatic nitrogens is 2. The maximum Gasteiger partial charge on any atom is 0.231 e. The van der Waals surface area contributed by atoms with Gasteiger partial charge in [0.1, 0.15) is 10.3 Å². The van der Waals surface area contributed by atoms with Crippen LogP contribution >= 0.6 is 11.3 Å². The zero-order valence-corrected chi connectivity index (χ0v) is 13.6. The molecule has 0 unspecified atom stereocenters. The van der Waals surface area contributed by atoms with Gasteiger partial charge in [-0.15, -0.1) is 0 Å². The Bertz CT molecular complexity index is 933. The van der Waals surface area contributed by atoms with Gasteiger partial charge in [0, 0.05) is 12.6 Å². The van der Waals surface area contributed by atoms with Crippen molar-refractivity contribution < 1.29 is 8.42 Å². The van der Waals surface area contributed by atoms with E-state index in [0.29, 0.717) is 10.8 Å². The Morgan fingerprint density at radius 3 is 2.41 bits per heavy atom. The highest BCUT2D eigenvalue weighted by atomic mass is 32.2. The van der Waals surface area contributed by atoms with Gasteiger partial charge in [0.25, 0.3) is 0 Å². The van der Waals surface area contributed by atoms with Gasteiger partial charge in [-0.25, -0.2) is 18.4 Å². The summed E-state index contributed by atoms with van der Waals surface area (Å²) in [6.07, 6.45) is 1.17. The molecular formula is C14H14N4O2S2. The number of benzene rings is 1. The topological polar surface area (TPSA) is 89.2 Å². The van der Waals surface area contributed by atoms with Crippen molar-refractivity contribution in [3.63, 3.8) is 0 Å². The van der Waals surface area contributed by atoms with Gasteiger partial charge in [-0.2, -0.15) is 0 Å². The number of anilines is 2. The second kappa shape index (κ2) is 5.22. The molecule has 8 heteroatoms. The number of nitrogen functional groups attached to an aromatic ring is 1. The molecule has 3 aromatic rings. The molecule has 0 fully saturated rings. The lowest BCUT2D eigenvalue weighted by molar-refractivity contribution is 0.600. The molecule has 0 aliphatic rings. The largest absolute Gasteiger partial charge is 0.375 e. The van der Waals surface area contributed by atoms with Gasteiger partial charge >= 0.3 is 0 Å². The lowest BCUT2D eigenvalue weighted by Gasteiger charge is -2.16. The fourth-order valence-corrected chi connectivity index (χ4v) is 3.24. The van der Waals surface area contributed by atoms with Crippen LogP contribution in [0.3, 0.4) is 0 Å². The van der Waals surface area contributed by atoms with E-state index in [1.165, 1.54) is 28.9 Å². The number of rotatable bonds is 3. The van der Waals surface area contributed by atoms with Crippen LogP contribution in [0, 0.1) is 0 Å². The summed E-state index contributed by atoms with van der Waals surface area (Å²) < 4.78 is 24.3. The first-order chi connectivity index (χ1) is 10.3. The molecule has 0 atom stereocenters. The molecule has 1 aromatic carbocycles. The van der Waals surface area contributed by atoms with E-state index >= 15 is 0 Å². The first kappa shape index (κ1) is 14.7. The lowest BCUT2D eigenvalue weighted by Crippen LogP contribution is -2.24. The van der Waals surface area contributed by atoms with Crippen molar-refractivity contribution >= 4 is 42.5 Å². The van der Waals surface area contributed by atoms with Crippen molar-refractivity contribution in [3.05, 3.63) is 36.4 Å². The Morgan fingerprint density at radius 2 is 1.77 bits per heavy atom. The summed E-state index contributed by atoms with van der Waals surface area (Å²) in [6.45, 7) is 0. The van der Waals surface area contributed by atoms with E-state index in [-0.39, 0.29) is 0 Å². The molecule has 114 valence electrons. The predicted octanol–water partition coefficient (Wildman–Crippen LogP) is 2.34. The number of thiazole rings is 1. The maximum absolute atomic E-state index is 11.5. The van der Waals surface area contributed by atoms with E-state index in [2.05, 4.69) is 9.97 Å². The third-order valence-electron chi connectivity index (χ3n) is 3.30. The summed E-state index contributed by atoms with van der Waals surface area (Å²) in [6, 6.07) is 10.9. The van der Waals surface area contributed by atoms with Crippen LogP contribution in [0.1, 0.15) is 0 Å². The molecule has 22 heavy (non-hydrogen) atoms. The molecular weight excluding hydrogens is 320 g/mol. The first-order valence-corrected chi connectivity index (χ1v) is 9.08. The Kier molecular flexibility index (Phi) is 3.50. The minimum absolute atomic E-state index is 0.491. The number of hydrogen-bond donors (Lipinski definition) is 1. The van der Waals surface area contributed by atoms with E-state index in [1.807, 2.05) is 24.3 Å². The molecule has 0 amide bonds. The molecule has 0 saturated heterocycles. The molecule has 0 radical (unpaired) electrons. The lowest BCUT2D eigenvalue weighted by atomic mass is 10.1. The summed E-state index contributed by atoms with van der Waals surface area (Å²) >= 11 is 1.34. The molecule has 0 aliphatic carbocycles. The maximum atomic E-state index is 11.5. The Balaban J connectivity index is 1.97. The SMILES string of the molecule is CN(c1ccc(-c2ccc3nc(N)sc3n2)cc1)S(C)(=O)=O. The molecule has 6 nitrogen and oxygen atoms in total. The normalized spacial score (nSPS) is 11.7. The van der Waals surface area contributed by atoms with Crippen molar-refractivity contribution in [1.29, 1.82) is 0 Å². The molecule has 2 N–H and O–H groups in total. The molecule has 3 rings (SSSR count). The van der Waals surface area contributed by atoms with E-state index in [0.717, 1.165) is 21.6 Å². The number of sulfonamides is 1. The third kappa shape index (κ3) is 2.75.